The fourth-order valence-electron chi connectivity index (χ4n) is 2.00. The summed E-state index contributed by atoms with van der Waals surface area (Å²) >= 11 is 0. The van der Waals surface area contributed by atoms with Crippen LogP contribution in [0, 0.1) is 5.41 Å². The first-order chi connectivity index (χ1) is 10.7. The molecule has 1 rings (SSSR count). The van der Waals surface area contributed by atoms with Crippen LogP contribution in [-0.4, -0.2) is 52.7 Å². The molecule has 0 unspecified atom stereocenters. The van der Waals surface area contributed by atoms with E-state index in [1.807, 2.05) is 20.8 Å². The average Bonchev–Trinajstić information content (AvgIpc) is 2.51. The van der Waals surface area contributed by atoms with Gasteiger partial charge in [-0.1, -0.05) is 13.8 Å². The zero-order valence-electron chi connectivity index (χ0n) is 14.8. The molecule has 0 aromatic heterocycles. The molecule has 140 valence electrons. The van der Waals surface area contributed by atoms with Crippen LogP contribution in [0.1, 0.15) is 20.8 Å². The Balaban J connectivity index is 0.00000529. The highest BCUT2D eigenvalue weighted by atomic mass is 35.5. The van der Waals surface area contributed by atoms with Gasteiger partial charge in [0.15, 0.2) is 0 Å². The highest BCUT2D eigenvalue weighted by molar-refractivity contribution is 7.89. The molecule has 0 spiro atoms. The van der Waals surface area contributed by atoms with Gasteiger partial charge in [0, 0.05) is 20.2 Å². The van der Waals surface area contributed by atoms with Gasteiger partial charge >= 0.3 is 0 Å². The number of nitrogens with zero attached hydrogens (tertiary/aromatic N) is 1. The van der Waals surface area contributed by atoms with E-state index in [0.29, 0.717) is 38.7 Å². The Morgan fingerprint density at radius 2 is 1.75 bits per heavy atom. The van der Waals surface area contributed by atoms with E-state index in [4.69, 9.17) is 15.2 Å². The summed E-state index contributed by atoms with van der Waals surface area (Å²) in [5.74, 6) is 0.619. The van der Waals surface area contributed by atoms with Gasteiger partial charge in [0.2, 0.25) is 10.0 Å². The summed E-state index contributed by atoms with van der Waals surface area (Å²) in [6.07, 6.45) is 0. The van der Waals surface area contributed by atoms with Gasteiger partial charge in [0.25, 0.3) is 0 Å². The maximum atomic E-state index is 12.6. The van der Waals surface area contributed by atoms with E-state index in [1.165, 1.54) is 4.31 Å². The molecule has 0 heterocycles. The minimum absolute atomic E-state index is 0. The second-order valence-corrected chi connectivity index (χ2v) is 8.19. The van der Waals surface area contributed by atoms with Crippen molar-refractivity contribution in [3.05, 3.63) is 24.3 Å². The first-order valence-corrected chi connectivity index (χ1v) is 9.14. The summed E-state index contributed by atoms with van der Waals surface area (Å²) in [5.41, 5.74) is 5.40. The third-order valence-corrected chi connectivity index (χ3v) is 5.25. The van der Waals surface area contributed by atoms with Crippen molar-refractivity contribution < 1.29 is 17.9 Å². The zero-order valence-corrected chi connectivity index (χ0v) is 16.5. The predicted molar refractivity (Wildman–Crippen MR) is 98.3 cm³/mol. The Bertz CT molecular complexity index is 576. The van der Waals surface area contributed by atoms with Crippen LogP contribution in [0.4, 0.5) is 0 Å². The van der Waals surface area contributed by atoms with Crippen molar-refractivity contribution >= 4 is 22.4 Å². The number of hydrogen-bond acceptors (Lipinski definition) is 5. The summed E-state index contributed by atoms with van der Waals surface area (Å²) in [6.45, 7) is 8.16. The number of benzene rings is 1. The number of sulfonamides is 1. The first kappa shape index (κ1) is 23.1. The smallest absolute Gasteiger partial charge is 0.242 e. The summed E-state index contributed by atoms with van der Waals surface area (Å²) in [5, 5.41) is 0. The molecule has 0 aliphatic heterocycles. The normalized spacial score (nSPS) is 12.1. The van der Waals surface area contributed by atoms with Crippen molar-refractivity contribution in [2.45, 2.75) is 25.7 Å². The van der Waals surface area contributed by atoms with Crippen LogP contribution in [0.3, 0.4) is 0 Å². The summed E-state index contributed by atoms with van der Waals surface area (Å²) < 4.78 is 37.1. The molecule has 24 heavy (non-hydrogen) atoms. The van der Waals surface area contributed by atoms with Crippen LogP contribution in [0.5, 0.6) is 5.75 Å². The van der Waals surface area contributed by atoms with Crippen LogP contribution in [0.25, 0.3) is 0 Å². The summed E-state index contributed by atoms with van der Waals surface area (Å²) in [4.78, 5) is 0.241. The number of halogens is 1. The van der Waals surface area contributed by atoms with Crippen molar-refractivity contribution in [1.82, 2.24) is 4.31 Å². The largest absolute Gasteiger partial charge is 0.491 e. The molecule has 0 aliphatic carbocycles. The van der Waals surface area contributed by atoms with E-state index in [1.54, 1.807) is 31.3 Å². The van der Waals surface area contributed by atoms with Crippen molar-refractivity contribution in [2.75, 3.05) is 40.0 Å². The standard InChI is InChI=1S/C16H28N2O4S.ClH/c1-5-21-10-11-22-14-6-8-15(9-7-14)23(19,20)18(4)13-16(2,3)12-17;/h6-9H,5,10-13,17H2,1-4H3;1H. The molecule has 0 amide bonds. The summed E-state index contributed by atoms with van der Waals surface area (Å²) in [7, 11) is -1.96. The Morgan fingerprint density at radius 1 is 1.17 bits per heavy atom. The second kappa shape index (κ2) is 10.2. The Labute approximate surface area is 151 Å². The molecule has 0 radical (unpaired) electrons. The van der Waals surface area contributed by atoms with E-state index in [-0.39, 0.29) is 22.7 Å². The van der Waals surface area contributed by atoms with Crippen LogP contribution in [0.15, 0.2) is 29.2 Å². The summed E-state index contributed by atoms with van der Waals surface area (Å²) in [6, 6.07) is 6.41. The molecule has 0 fully saturated rings. The fraction of sp³-hybridized carbons (Fsp3) is 0.625. The molecule has 6 nitrogen and oxygen atoms in total. The van der Waals surface area contributed by atoms with Gasteiger partial charge in [0.1, 0.15) is 12.4 Å². The van der Waals surface area contributed by atoms with Gasteiger partial charge in [-0.15, -0.1) is 12.4 Å². The average molecular weight is 381 g/mol. The van der Waals surface area contributed by atoms with E-state index < -0.39 is 10.0 Å². The zero-order chi connectivity index (χ0) is 17.5. The van der Waals surface area contributed by atoms with Gasteiger partial charge in [-0.05, 0) is 43.1 Å². The number of nitrogens with two attached hydrogens (primary N) is 1. The SMILES string of the molecule is CCOCCOc1ccc(S(=O)(=O)N(C)CC(C)(C)CN)cc1.Cl. The maximum Gasteiger partial charge on any atom is 0.242 e. The van der Waals surface area contributed by atoms with Crippen molar-refractivity contribution in [3.8, 4) is 5.75 Å². The molecule has 0 bridgehead atoms. The quantitative estimate of drug-likeness (QED) is 0.629. The Morgan fingerprint density at radius 3 is 2.25 bits per heavy atom. The monoisotopic (exact) mass is 380 g/mol. The Hall–Kier alpha value is -0.860. The molecule has 0 saturated heterocycles. The van der Waals surface area contributed by atoms with Gasteiger partial charge in [-0.25, -0.2) is 12.7 Å². The van der Waals surface area contributed by atoms with Crippen molar-refractivity contribution in [2.24, 2.45) is 11.1 Å². The number of hydrogen-bond donors (Lipinski definition) is 1. The van der Waals surface area contributed by atoms with E-state index in [2.05, 4.69) is 0 Å². The molecule has 0 atom stereocenters. The molecule has 0 aliphatic rings. The van der Waals surface area contributed by atoms with Crippen LogP contribution in [-0.2, 0) is 14.8 Å². The van der Waals surface area contributed by atoms with Crippen molar-refractivity contribution in [1.29, 1.82) is 0 Å². The maximum absolute atomic E-state index is 12.6. The van der Waals surface area contributed by atoms with Gasteiger partial charge < -0.3 is 15.2 Å². The Kier molecular flexibility index (Phi) is 9.84. The lowest BCUT2D eigenvalue weighted by Crippen LogP contribution is -2.39. The molecule has 8 heteroatoms. The van der Waals surface area contributed by atoms with Gasteiger partial charge in [0.05, 0.1) is 11.5 Å². The molecular weight excluding hydrogens is 352 g/mol. The van der Waals surface area contributed by atoms with Gasteiger partial charge in [-0.2, -0.15) is 0 Å². The van der Waals surface area contributed by atoms with E-state index in [9.17, 15) is 8.42 Å². The lowest BCUT2D eigenvalue weighted by Gasteiger charge is -2.28. The highest BCUT2D eigenvalue weighted by Gasteiger charge is 2.27. The molecule has 0 saturated carbocycles. The van der Waals surface area contributed by atoms with Crippen LogP contribution >= 0.6 is 12.4 Å². The lowest BCUT2D eigenvalue weighted by molar-refractivity contribution is 0.110. The van der Waals surface area contributed by atoms with E-state index in [0.717, 1.165) is 0 Å². The minimum Gasteiger partial charge on any atom is -0.491 e. The molecule has 1 aromatic carbocycles. The van der Waals surface area contributed by atoms with E-state index >= 15 is 0 Å². The third-order valence-electron chi connectivity index (χ3n) is 3.44. The molecule has 2 N–H and O–H groups in total. The molecular formula is C16H29ClN2O4S. The number of rotatable bonds is 10. The van der Waals surface area contributed by atoms with Crippen LogP contribution < -0.4 is 10.5 Å². The second-order valence-electron chi connectivity index (χ2n) is 6.15. The number of ether oxygens (including phenoxy) is 2. The first-order valence-electron chi connectivity index (χ1n) is 7.70. The van der Waals surface area contributed by atoms with Gasteiger partial charge in [-0.3, -0.25) is 0 Å². The fourth-order valence-corrected chi connectivity index (χ4v) is 3.36. The third kappa shape index (κ3) is 6.94. The predicted octanol–water partition coefficient (Wildman–Crippen LogP) is 2.13. The highest BCUT2D eigenvalue weighted by Crippen LogP contribution is 2.22. The van der Waals surface area contributed by atoms with Crippen molar-refractivity contribution in [3.63, 3.8) is 0 Å². The minimum atomic E-state index is -3.53. The van der Waals surface area contributed by atoms with Crippen LogP contribution in [0.2, 0.25) is 0 Å². The topological polar surface area (TPSA) is 81.9 Å². The lowest BCUT2D eigenvalue weighted by atomic mass is 9.94. The molecule has 1 aromatic rings.